The summed E-state index contributed by atoms with van der Waals surface area (Å²) < 4.78 is 5.52. The summed E-state index contributed by atoms with van der Waals surface area (Å²) in [7, 11) is 0. The highest BCUT2D eigenvalue weighted by molar-refractivity contribution is 6.00. The van der Waals surface area contributed by atoms with E-state index in [2.05, 4.69) is 17.6 Å². The lowest BCUT2D eigenvalue weighted by Gasteiger charge is -2.37. The van der Waals surface area contributed by atoms with Gasteiger partial charge in [-0.25, -0.2) is 4.79 Å². The molecule has 0 aliphatic heterocycles. The Labute approximate surface area is 243 Å². The van der Waals surface area contributed by atoms with E-state index in [1.54, 1.807) is 25.7 Å². The van der Waals surface area contributed by atoms with Gasteiger partial charge < -0.3 is 20.3 Å². The molecule has 0 spiro atoms. The van der Waals surface area contributed by atoms with Gasteiger partial charge in [-0.15, -0.1) is 0 Å². The standard InChI is InChI=1S/C34H43N3O4/c1-8-21(2)29(36-33(40)41-34(5,6)7)32(39)37(28-19-23(28)4)30(27-16-12-9-13-22(27)3)31(38)35-26-18-17-24-14-10-11-15-25(24)20-26/h9-18,20-21,23,28-30H,8,19H2,1-7H3,(H,35,38)(H,36,40). The van der Waals surface area contributed by atoms with Crippen LogP contribution in [0.3, 0.4) is 0 Å². The first-order valence-corrected chi connectivity index (χ1v) is 14.6. The summed E-state index contributed by atoms with van der Waals surface area (Å²) >= 11 is 0. The van der Waals surface area contributed by atoms with Gasteiger partial charge in [-0.05, 0) is 80.0 Å². The van der Waals surface area contributed by atoms with Crippen LogP contribution in [0.5, 0.6) is 0 Å². The van der Waals surface area contributed by atoms with E-state index in [0.717, 1.165) is 28.3 Å². The molecule has 0 heterocycles. The molecule has 218 valence electrons. The van der Waals surface area contributed by atoms with Crippen molar-refractivity contribution in [1.29, 1.82) is 0 Å². The number of rotatable bonds is 9. The van der Waals surface area contributed by atoms with Crippen LogP contribution in [0.2, 0.25) is 0 Å². The Bertz CT molecular complexity index is 1410. The summed E-state index contributed by atoms with van der Waals surface area (Å²) in [5.41, 5.74) is 1.63. The summed E-state index contributed by atoms with van der Waals surface area (Å²) in [6, 6.07) is 19.6. The number of nitrogens with zero attached hydrogens (tertiary/aromatic N) is 1. The summed E-state index contributed by atoms with van der Waals surface area (Å²) in [5.74, 6) is -0.505. The molecule has 0 saturated heterocycles. The van der Waals surface area contributed by atoms with Gasteiger partial charge in [0, 0.05) is 11.7 Å². The molecule has 1 fully saturated rings. The van der Waals surface area contributed by atoms with Crippen LogP contribution in [0.1, 0.15) is 71.6 Å². The van der Waals surface area contributed by atoms with E-state index in [9.17, 15) is 14.4 Å². The zero-order chi connectivity index (χ0) is 29.9. The lowest BCUT2D eigenvalue weighted by atomic mass is 9.94. The van der Waals surface area contributed by atoms with Crippen LogP contribution < -0.4 is 10.6 Å². The van der Waals surface area contributed by atoms with Crippen molar-refractivity contribution in [2.75, 3.05) is 5.32 Å². The molecule has 4 rings (SSSR count). The van der Waals surface area contributed by atoms with Gasteiger partial charge in [-0.1, -0.05) is 81.8 Å². The first-order chi connectivity index (χ1) is 19.4. The van der Waals surface area contributed by atoms with E-state index in [4.69, 9.17) is 4.74 Å². The Morgan fingerprint density at radius 3 is 2.24 bits per heavy atom. The fourth-order valence-electron chi connectivity index (χ4n) is 5.24. The van der Waals surface area contributed by atoms with Crippen molar-refractivity contribution < 1.29 is 19.1 Å². The number of hydrogen-bond donors (Lipinski definition) is 2. The van der Waals surface area contributed by atoms with E-state index in [1.165, 1.54) is 0 Å². The second-order valence-corrected chi connectivity index (χ2v) is 12.3. The van der Waals surface area contributed by atoms with Crippen molar-refractivity contribution in [3.05, 3.63) is 77.9 Å². The third kappa shape index (κ3) is 7.26. The normalized spacial score (nSPS) is 18.6. The molecule has 0 aromatic heterocycles. The maximum Gasteiger partial charge on any atom is 0.408 e. The number of amides is 3. The largest absolute Gasteiger partial charge is 0.444 e. The number of aryl methyl sites for hydroxylation is 1. The average molecular weight is 558 g/mol. The van der Waals surface area contributed by atoms with Crippen molar-refractivity contribution in [2.45, 2.75) is 85.0 Å². The summed E-state index contributed by atoms with van der Waals surface area (Å²) in [6.45, 7) is 13.3. The lowest BCUT2D eigenvalue weighted by molar-refractivity contribution is -0.142. The van der Waals surface area contributed by atoms with Crippen LogP contribution in [-0.2, 0) is 14.3 Å². The van der Waals surface area contributed by atoms with Gasteiger partial charge in [0.2, 0.25) is 5.91 Å². The molecule has 1 aliphatic carbocycles. The number of ether oxygens (including phenoxy) is 1. The molecule has 7 heteroatoms. The molecule has 0 radical (unpaired) electrons. The van der Waals surface area contributed by atoms with Gasteiger partial charge in [-0.3, -0.25) is 9.59 Å². The quantitative estimate of drug-likeness (QED) is 0.296. The van der Waals surface area contributed by atoms with Crippen molar-refractivity contribution in [3.8, 4) is 0 Å². The number of carbonyl (C=O) groups excluding carboxylic acids is 3. The monoisotopic (exact) mass is 557 g/mol. The van der Waals surface area contributed by atoms with Gasteiger partial charge in [0.05, 0.1) is 0 Å². The van der Waals surface area contributed by atoms with E-state index < -0.39 is 23.8 Å². The van der Waals surface area contributed by atoms with Crippen LogP contribution in [0.15, 0.2) is 66.7 Å². The summed E-state index contributed by atoms with van der Waals surface area (Å²) in [6.07, 6.45) is 0.809. The third-order valence-corrected chi connectivity index (χ3v) is 7.86. The Morgan fingerprint density at radius 2 is 1.63 bits per heavy atom. The van der Waals surface area contributed by atoms with Crippen LogP contribution in [0.25, 0.3) is 10.8 Å². The fraction of sp³-hybridized carbons (Fsp3) is 0.441. The fourth-order valence-corrected chi connectivity index (χ4v) is 5.24. The molecule has 41 heavy (non-hydrogen) atoms. The zero-order valence-electron chi connectivity index (χ0n) is 25.2. The predicted molar refractivity (Wildman–Crippen MR) is 164 cm³/mol. The average Bonchev–Trinajstić information content (AvgIpc) is 3.64. The second kappa shape index (κ2) is 12.3. The summed E-state index contributed by atoms with van der Waals surface area (Å²) in [5, 5.41) is 8.04. The van der Waals surface area contributed by atoms with Gasteiger partial charge in [0.1, 0.15) is 17.7 Å². The van der Waals surface area contributed by atoms with E-state index in [-0.39, 0.29) is 29.7 Å². The molecule has 7 nitrogen and oxygen atoms in total. The third-order valence-electron chi connectivity index (χ3n) is 7.86. The molecule has 1 saturated carbocycles. The SMILES string of the molecule is CCC(C)C(NC(=O)OC(C)(C)C)C(=O)N(C(C(=O)Nc1ccc2ccccc2c1)c1ccccc1C)C1CC1C. The molecule has 5 atom stereocenters. The van der Waals surface area contributed by atoms with Crippen molar-refractivity contribution in [1.82, 2.24) is 10.2 Å². The number of alkyl carbamates (subject to hydrolysis) is 1. The Morgan fingerprint density at radius 1 is 1.00 bits per heavy atom. The molecule has 3 amide bonds. The number of benzene rings is 3. The number of nitrogens with one attached hydrogen (secondary N) is 2. The van der Waals surface area contributed by atoms with E-state index >= 15 is 0 Å². The van der Waals surface area contributed by atoms with Crippen molar-refractivity contribution >= 4 is 34.4 Å². The molecule has 3 aromatic rings. The minimum atomic E-state index is -0.878. The topological polar surface area (TPSA) is 87.7 Å². The van der Waals surface area contributed by atoms with E-state index in [0.29, 0.717) is 12.1 Å². The molecule has 2 N–H and O–H groups in total. The summed E-state index contributed by atoms with van der Waals surface area (Å²) in [4.78, 5) is 43.3. The molecule has 3 aromatic carbocycles. The van der Waals surface area contributed by atoms with Crippen molar-refractivity contribution in [2.24, 2.45) is 11.8 Å². The maximum absolute atomic E-state index is 14.5. The molecule has 5 unspecified atom stereocenters. The molecule has 0 bridgehead atoms. The maximum atomic E-state index is 14.5. The molecular weight excluding hydrogens is 514 g/mol. The molecule has 1 aliphatic rings. The first kappa shape index (κ1) is 30.1. The Kier molecular flexibility index (Phi) is 9.05. The van der Waals surface area contributed by atoms with Crippen LogP contribution in [-0.4, -0.2) is 40.5 Å². The number of anilines is 1. The zero-order valence-corrected chi connectivity index (χ0v) is 25.2. The Balaban J connectivity index is 1.74. The highest BCUT2D eigenvalue weighted by atomic mass is 16.6. The number of carbonyl (C=O) groups is 3. The highest BCUT2D eigenvalue weighted by Gasteiger charge is 2.49. The van der Waals surface area contributed by atoms with Crippen molar-refractivity contribution in [3.63, 3.8) is 0 Å². The van der Waals surface area contributed by atoms with Gasteiger partial charge in [-0.2, -0.15) is 0 Å². The van der Waals surface area contributed by atoms with Crippen LogP contribution in [0, 0.1) is 18.8 Å². The smallest absolute Gasteiger partial charge is 0.408 e. The number of hydrogen-bond acceptors (Lipinski definition) is 4. The minimum absolute atomic E-state index is 0.124. The van der Waals surface area contributed by atoms with Gasteiger partial charge in [0.15, 0.2) is 0 Å². The highest BCUT2D eigenvalue weighted by Crippen LogP contribution is 2.42. The lowest BCUT2D eigenvalue weighted by Crippen LogP contribution is -2.55. The first-order valence-electron chi connectivity index (χ1n) is 14.6. The number of fused-ring (bicyclic) bond motifs is 1. The Hall–Kier alpha value is -3.87. The van der Waals surface area contributed by atoms with Crippen LogP contribution in [0.4, 0.5) is 10.5 Å². The predicted octanol–water partition coefficient (Wildman–Crippen LogP) is 7.00. The van der Waals surface area contributed by atoms with Crippen LogP contribution >= 0.6 is 0 Å². The molecular formula is C34H43N3O4. The van der Waals surface area contributed by atoms with E-state index in [1.807, 2.05) is 87.5 Å². The minimum Gasteiger partial charge on any atom is -0.444 e. The second-order valence-electron chi connectivity index (χ2n) is 12.3. The van der Waals surface area contributed by atoms with Gasteiger partial charge in [0.25, 0.3) is 5.91 Å². The van der Waals surface area contributed by atoms with Gasteiger partial charge >= 0.3 is 6.09 Å².